The van der Waals surface area contributed by atoms with Gasteiger partial charge in [-0.2, -0.15) is 5.10 Å². The molecule has 0 spiro atoms. The van der Waals surface area contributed by atoms with Crippen LogP contribution in [0.2, 0.25) is 0 Å². The Kier molecular flexibility index (Phi) is 6.72. The van der Waals surface area contributed by atoms with Crippen LogP contribution in [-0.2, 0) is 26.6 Å². The molecule has 2 aromatic carbocycles. The molecule has 2 heterocycles. The van der Waals surface area contributed by atoms with Gasteiger partial charge in [0.1, 0.15) is 0 Å². The third kappa shape index (κ3) is 4.41. The summed E-state index contributed by atoms with van der Waals surface area (Å²) in [5, 5.41) is 7.39. The lowest BCUT2D eigenvalue weighted by Crippen LogP contribution is -2.37. The van der Waals surface area contributed by atoms with Crippen molar-refractivity contribution in [3.8, 4) is 17.2 Å². The first-order valence-corrected chi connectivity index (χ1v) is 10.9. The molecule has 0 aliphatic carbocycles. The number of aryl methyl sites for hydroxylation is 1. The normalized spacial score (nSPS) is 12.6. The Labute approximate surface area is 198 Å². The molecular formula is C25H28N4O5. The molecule has 0 bridgehead atoms. The number of carbonyl (C=O) groups excluding carboxylic acids is 2. The fourth-order valence-electron chi connectivity index (χ4n) is 4.20. The van der Waals surface area contributed by atoms with Gasteiger partial charge in [0.05, 0.1) is 27.9 Å². The minimum Gasteiger partial charge on any atom is -0.493 e. The second kappa shape index (κ2) is 9.86. The highest BCUT2D eigenvalue weighted by atomic mass is 16.5. The van der Waals surface area contributed by atoms with Crippen LogP contribution >= 0.6 is 0 Å². The van der Waals surface area contributed by atoms with Gasteiger partial charge < -0.3 is 24.4 Å². The molecule has 4 rings (SSSR count). The van der Waals surface area contributed by atoms with E-state index in [9.17, 15) is 9.59 Å². The number of nitrogens with one attached hydrogen (secondary N) is 1. The minimum atomic E-state index is -0.261. The monoisotopic (exact) mass is 464 g/mol. The number of aromatic nitrogens is 2. The van der Waals surface area contributed by atoms with Crippen molar-refractivity contribution in [2.75, 3.05) is 27.9 Å². The maximum atomic E-state index is 13.4. The summed E-state index contributed by atoms with van der Waals surface area (Å²) in [6.45, 7) is 1.19. The van der Waals surface area contributed by atoms with Gasteiger partial charge in [0, 0.05) is 43.4 Å². The van der Waals surface area contributed by atoms with E-state index in [1.165, 1.54) is 21.3 Å². The SMILES string of the molecule is COc1cc(C(=O)N2CCc3c(c(C(=O)NCc4ccccc4)nn3C)C2)cc(OC)c1OC. The maximum absolute atomic E-state index is 13.4. The van der Waals surface area contributed by atoms with Crippen molar-refractivity contribution in [3.05, 3.63) is 70.5 Å². The molecule has 1 aromatic heterocycles. The maximum Gasteiger partial charge on any atom is 0.272 e. The van der Waals surface area contributed by atoms with E-state index in [1.54, 1.807) is 21.7 Å². The van der Waals surface area contributed by atoms with E-state index in [1.807, 2.05) is 37.4 Å². The molecule has 2 amide bonds. The van der Waals surface area contributed by atoms with Crippen LogP contribution in [0.4, 0.5) is 0 Å². The first-order valence-electron chi connectivity index (χ1n) is 10.9. The highest BCUT2D eigenvalue weighted by Crippen LogP contribution is 2.38. The average molecular weight is 465 g/mol. The van der Waals surface area contributed by atoms with Crippen LogP contribution < -0.4 is 19.5 Å². The molecule has 1 aliphatic rings. The van der Waals surface area contributed by atoms with Crippen molar-refractivity contribution in [1.29, 1.82) is 0 Å². The molecule has 0 saturated carbocycles. The largest absolute Gasteiger partial charge is 0.493 e. The summed E-state index contributed by atoms with van der Waals surface area (Å²) in [7, 11) is 6.35. The molecule has 0 unspecified atom stereocenters. The van der Waals surface area contributed by atoms with Gasteiger partial charge in [-0.1, -0.05) is 30.3 Å². The molecule has 0 radical (unpaired) electrons. The number of carbonyl (C=O) groups is 2. The van der Waals surface area contributed by atoms with E-state index in [4.69, 9.17) is 14.2 Å². The standard InChI is InChI=1S/C25H28N4O5/c1-28-19-10-11-29(25(31)17-12-20(32-2)23(34-4)21(13-17)33-3)15-18(19)22(27-28)24(30)26-14-16-8-6-5-7-9-16/h5-9,12-13H,10-11,14-15H2,1-4H3,(H,26,30). The lowest BCUT2D eigenvalue weighted by molar-refractivity contribution is 0.0729. The number of rotatable bonds is 7. The van der Waals surface area contributed by atoms with Gasteiger partial charge in [0.15, 0.2) is 17.2 Å². The van der Waals surface area contributed by atoms with Crippen molar-refractivity contribution >= 4 is 11.8 Å². The van der Waals surface area contributed by atoms with Gasteiger partial charge in [-0.05, 0) is 17.7 Å². The Hall–Kier alpha value is -4.01. The minimum absolute atomic E-state index is 0.190. The lowest BCUT2D eigenvalue weighted by atomic mass is 10.0. The van der Waals surface area contributed by atoms with Crippen LogP contribution in [0.15, 0.2) is 42.5 Å². The Morgan fingerprint density at radius 1 is 1.03 bits per heavy atom. The van der Waals surface area contributed by atoms with Gasteiger partial charge in [-0.15, -0.1) is 0 Å². The van der Waals surface area contributed by atoms with Crippen LogP contribution in [0.5, 0.6) is 17.2 Å². The highest BCUT2D eigenvalue weighted by Gasteiger charge is 2.30. The molecule has 3 aromatic rings. The summed E-state index contributed by atoms with van der Waals surface area (Å²) in [5.74, 6) is 0.787. The number of methoxy groups -OCH3 is 3. The fourth-order valence-corrected chi connectivity index (χ4v) is 4.20. The number of amides is 2. The quantitative estimate of drug-likeness (QED) is 0.578. The van der Waals surface area contributed by atoms with E-state index in [0.717, 1.165) is 16.8 Å². The zero-order chi connectivity index (χ0) is 24.2. The molecule has 34 heavy (non-hydrogen) atoms. The first kappa shape index (κ1) is 23.2. The molecular weight excluding hydrogens is 436 g/mol. The van der Waals surface area contributed by atoms with Crippen LogP contribution in [0.3, 0.4) is 0 Å². The molecule has 0 saturated heterocycles. The van der Waals surface area contributed by atoms with E-state index >= 15 is 0 Å². The Balaban J connectivity index is 1.56. The van der Waals surface area contributed by atoms with Crippen molar-refractivity contribution in [2.45, 2.75) is 19.5 Å². The van der Waals surface area contributed by atoms with Gasteiger partial charge in [0.2, 0.25) is 5.75 Å². The molecule has 1 aliphatic heterocycles. The van der Waals surface area contributed by atoms with E-state index < -0.39 is 0 Å². The molecule has 1 N–H and O–H groups in total. The van der Waals surface area contributed by atoms with E-state index in [2.05, 4.69) is 10.4 Å². The summed E-state index contributed by atoms with van der Waals surface area (Å²) in [5.41, 5.74) is 3.48. The number of hydrogen-bond donors (Lipinski definition) is 1. The zero-order valence-corrected chi connectivity index (χ0v) is 19.8. The summed E-state index contributed by atoms with van der Waals surface area (Å²) >= 11 is 0. The van der Waals surface area contributed by atoms with E-state index in [-0.39, 0.29) is 18.4 Å². The number of benzene rings is 2. The van der Waals surface area contributed by atoms with Crippen molar-refractivity contribution < 1.29 is 23.8 Å². The van der Waals surface area contributed by atoms with Crippen LogP contribution in [0.25, 0.3) is 0 Å². The molecule has 9 heteroatoms. The Morgan fingerprint density at radius 3 is 2.32 bits per heavy atom. The van der Waals surface area contributed by atoms with Crippen molar-refractivity contribution in [3.63, 3.8) is 0 Å². The number of nitrogens with zero attached hydrogens (tertiary/aromatic N) is 3. The molecule has 178 valence electrons. The smallest absolute Gasteiger partial charge is 0.272 e. The number of hydrogen-bond acceptors (Lipinski definition) is 6. The molecule has 9 nitrogen and oxygen atoms in total. The third-order valence-electron chi connectivity index (χ3n) is 5.95. The summed E-state index contributed by atoms with van der Waals surface area (Å²) in [4.78, 5) is 28.0. The second-order valence-electron chi connectivity index (χ2n) is 7.96. The predicted octanol–water partition coefficient (Wildman–Crippen LogP) is 2.57. The Bertz CT molecular complexity index is 1180. The zero-order valence-electron chi connectivity index (χ0n) is 19.8. The highest BCUT2D eigenvalue weighted by molar-refractivity contribution is 5.97. The topological polar surface area (TPSA) is 94.9 Å². The van der Waals surface area contributed by atoms with Crippen molar-refractivity contribution in [2.24, 2.45) is 7.05 Å². The van der Waals surface area contributed by atoms with Crippen LogP contribution in [-0.4, -0.2) is 54.4 Å². The van der Waals surface area contributed by atoms with E-state index in [0.29, 0.717) is 48.0 Å². The summed E-state index contributed by atoms with van der Waals surface area (Å²) < 4.78 is 17.9. The average Bonchev–Trinajstić information content (AvgIpc) is 3.22. The first-order chi connectivity index (χ1) is 16.5. The molecule has 0 fully saturated rings. The summed E-state index contributed by atoms with van der Waals surface area (Å²) in [6.07, 6.45) is 0.598. The summed E-state index contributed by atoms with van der Waals surface area (Å²) in [6, 6.07) is 13.0. The van der Waals surface area contributed by atoms with Crippen molar-refractivity contribution in [1.82, 2.24) is 20.0 Å². The van der Waals surface area contributed by atoms with Gasteiger partial charge in [-0.25, -0.2) is 0 Å². The van der Waals surface area contributed by atoms with Gasteiger partial charge in [0.25, 0.3) is 11.8 Å². The van der Waals surface area contributed by atoms with Crippen LogP contribution in [0, 0.1) is 0 Å². The second-order valence-corrected chi connectivity index (χ2v) is 7.96. The fraction of sp³-hybridized carbons (Fsp3) is 0.320. The van der Waals surface area contributed by atoms with Gasteiger partial charge in [-0.3, -0.25) is 14.3 Å². The third-order valence-corrected chi connectivity index (χ3v) is 5.95. The molecule has 0 atom stereocenters. The number of fused-ring (bicyclic) bond motifs is 1. The number of ether oxygens (including phenoxy) is 3. The van der Waals surface area contributed by atoms with Crippen LogP contribution in [0.1, 0.15) is 37.7 Å². The van der Waals surface area contributed by atoms with Gasteiger partial charge >= 0.3 is 0 Å². The lowest BCUT2D eigenvalue weighted by Gasteiger charge is -2.28. The Morgan fingerprint density at radius 2 is 1.71 bits per heavy atom. The predicted molar refractivity (Wildman–Crippen MR) is 125 cm³/mol.